The number of nitrogens with one attached hydrogen (secondary N) is 1. The summed E-state index contributed by atoms with van der Waals surface area (Å²) in [5, 5.41) is 22.2. The fourth-order valence-electron chi connectivity index (χ4n) is 5.90. The molecule has 3 unspecified atom stereocenters. The molecular formula is C20H26N2O2. The van der Waals surface area contributed by atoms with Crippen LogP contribution in [0.25, 0.3) is 0 Å². The van der Waals surface area contributed by atoms with Crippen molar-refractivity contribution in [1.82, 2.24) is 0 Å². The Kier molecular flexibility index (Phi) is 3.73. The van der Waals surface area contributed by atoms with Gasteiger partial charge in [0.15, 0.2) is 6.19 Å². The third kappa shape index (κ3) is 2.14. The summed E-state index contributed by atoms with van der Waals surface area (Å²) in [6.07, 6.45) is 8.53. The molecule has 0 amide bonds. The van der Waals surface area contributed by atoms with Crippen molar-refractivity contribution in [1.29, 1.82) is 5.26 Å². The topological polar surface area (TPSA) is 65.3 Å². The molecule has 0 aliphatic heterocycles. The molecule has 1 aromatic carbocycles. The maximum absolute atomic E-state index is 10.5. The molecular weight excluding hydrogens is 300 g/mol. The van der Waals surface area contributed by atoms with Crippen molar-refractivity contribution in [2.24, 2.45) is 17.3 Å². The van der Waals surface area contributed by atoms with Crippen LogP contribution < -0.4 is 10.1 Å². The van der Waals surface area contributed by atoms with Gasteiger partial charge in [-0.25, -0.2) is 0 Å². The molecule has 0 aromatic heterocycles. The van der Waals surface area contributed by atoms with Crippen molar-refractivity contribution in [3.05, 3.63) is 23.3 Å². The maximum atomic E-state index is 10.5. The molecule has 128 valence electrons. The van der Waals surface area contributed by atoms with E-state index in [4.69, 9.17) is 10.00 Å². The lowest BCUT2D eigenvalue weighted by molar-refractivity contribution is -0.0226. The molecule has 0 saturated heterocycles. The summed E-state index contributed by atoms with van der Waals surface area (Å²) >= 11 is 0. The summed E-state index contributed by atoms with van der Waals surface area (Å²) in [5.74, 6) is 2.65. The minimum atomic E-state index is -0.124. The first-order valence-corrected chi connectivity index (χ1v) is 9.12. The summed E-state index contributed by atoms with van der Waals surface area (Å²) in [4.78, 5) is 0. The maximum Gasteiger partial charge on any atom is 0.181 e. The van der Waals surface area contributed by atoms with E-state index in [0.29, 0.717) is 17.8 Å². The number of aliphatic hydroxyl groups excluding tert-OH is 1. The number of anilines is 1. The zero-order chi connectivity index (χ0) is 16.9. The molecule has 0 bridgehead atoms. The van der Waals surface area contributed by atoms with Crippen LogP contribution in [0.15, 0.2) is 12.1 Å². The third-order valence-electron chi connectivity index (χ3n) is 7.19. The fourth-order valence-corrected chi connectivity index (χ4v) is 5.90. The van der Waals surface area contributed by atoms with Crippen LogP contribution in [0.3, 0.4) is 0 Å². The molecule has 4 nitrogen and oxygen atoms in total. The summed E-state index contributed by atoms with van der Waals surface area (Å²) < 4.78 is 5.51. The van der Waals surface area contributed by atoms with Crippen molar-refractivity contribution in [3.63, 3.8) is 0 Å². The smallest absolute Gasteiger partial charge is 0.181 e. The van der Waals surface area contributed by atoms with E-state index < -0.39 is 0 Å². The zero-order valence-electron chi connectivity index (χ0n) is 14.5. The Labute approximate surface area is 143 Å². The number of aryl methyl sites for hydroxylation is 1. The van der Waals surface area contributed by atoms with Gasteiger partial charge in [0.1, 0.15) is 5.75 Å². The number of nitrogens with zero attached hydrogens (tertiary/aromatic N) is 1. The predicted octanol–water partition coefficient (Wildman–Crippen LogP) is 3.81. The molecule has 4 heteroatoms. The van der Waals surface area contributed by atoms with Gasteiger partial charge in [0.25, 0.3) is 0 Å². The van der Waals surface area contributed by atoms with Gasteiger partial charge in [0.05, 0.1) is 18.9 Å². The number of fused-ring (bicyclic) bond motifs is 5. The highest BCUT2D eigenvalue weighted by molar-refractivity contribution is 5.63. The van der Waals surface area contributed by atoms with Crippen LogP contribution in [0.5, 0.6) is 5.75 Å². The van der Waals surface area contributed by atoms with E-state index in [1.165, 1.54) is 24.0 Å². The lowest BCUT2D eigenvalue weighted by atomic mass is 9.55. The number of ether oxygens (including phenoxy) is 1. The van der Waals surface area contributed by atoms with Crippen LogP contribution in [0.1, 0.15) is 56.1 Å². The SMILES string of the molecule is COc1cc2c(cc1NC#N)CCC1C2CC[C@@]2(C)C1CC[C@@H]2O. The average molecular weight is 326 g/mol. The van der Waals surface area contributed by atoms with Crippen LogP contribution in [0.4, 0.5) is 5.69 Å². The van der Waals surface area contributed by atoms with E-state index >= 15 is 0 Å². The molecule has 4 rings (SSSR count). The minimum absolute atomic E-state index is 0.116. The second kappa shape index (κ2) is 5.67. The molecule has 24 heavy (non-hydrogen) atoms. The zero-order valence-corrected chi connectivity index (χ0v) is 14.5. The van der Waals surface area contributed by atoms with Gasteiger partial charge in [0.2, 0.25) is 0 Å². The predicted molar refractivity (Wildman–Crippen MR) is 92.9 cm³/mol. The van der Waals surface area contributed by atoms with Gasteiger partial charge in [-0.15, -0.1) is 0 Å². The van der Waals surface area contributed by atoms with Gasteiger partial charge < -0.3 is 9.84 Å². The Balaban J connectivity index is 1.71. The molecule has 3 aliphatic carbocycles. The van der Waals surface area contributed by atoms with Gasteiger partial charge in [-0.1, -0.05) is 6.92 Å². The lowest BCUT2D eigenvalue weighted by Crippen LogP contribution is -2.43. The van der Waals surface area contributed by atoms with Gasteiger partial charge in [-0.05, 0) is 85.0 Å². The molecule has 2 N–H and O–H groups in total. The van der Waals surface area contributed by atoms with Gasteiger partial charge >= 0.3 is 0 Å². The van der Waals surface area contributed by atoms with Gasteiger partial charge in [0, 0.05) is 0 Å². The molecule has 0 radical (unpaired) electrons. The molecule has 5 atom stereocenters. The third-order valence-corrected chi connectivity index (χ3v) is 7.19. The lowest BCUT2D eigenvalue weighted by Gasteiger charge is -2.50. The summed E-state index contributed by atoms with van der Waals surface area (Å²) in [7, 11) is 1.66. The number of nitriles is 1. The highest BCUT2D eigenvalue weighted by Gasteiger charge is 2.54. The average Bonchev–Trinajstić information content (AvgIpc) is 2.89. The van der Waals surface area contributed by atoms with Crippen molar-refractivity contribution in [2.45, 2.75) is 57.5 Å². The number of hydrogen-bond acceptors (Lipinski definition) is 4. The van der Waals surface area contributed by atoms with E-state index in [-0.39, 0.29) is 11.5 Å². The first-order valence-electron chi connectivity index (χ1n) is 9.12. The second-order valence-corrected chi connectivity index (χ2v) is 8.04. The van der Waals surface area contributed by atoms with Crippen LogP contribution in [0.2, 0.25) is 0 Å². The second-order valence-electron chi connectivity index (χ2n) is 8.04. The molecule has 0 heterocycles. The summed E-state index contributed by atoms with van der Waals surface area (Å²) in [5.41, 5.74) is 3.66. The monoisotopic (exact) mass is 326 g/mol. The van der Waals surface area contributed by atoms with E-state index in [9.17, 15) is 5.11 Å². The standard InChI is InChI=1S/C20H26N2O2/c1-20-8-7-13-14(16(20)5-6-19(20)23)4-3-12-9-17(22-11-21)18(24-2)10-15(12)13/h9-10,13-14,16,19,22-23H,3-8H2,1-2H3/t13?,14?,16?,19-,20-/m0/s1. The van der Waals surface area contributed by atoms with Crippen molar-refractivity contribution in [2.75, 3.05) is 12.4 Å². The van der Waals surface area contributed by atoms with Crippen molar-refractivity contribution in [3.8, 4) is 11.9 Å². The first-order chi connectivity index (χ1) is 11.6. The summed E-state index contributed by atoms with van der Waals surface area (Å²) in [6, 6.07) is 4.25. The Morgan fingerprint density at radius 1 is 1.29 bits per heavy atom. The van der Waals surface area contributed by atoms with Crippen LogP contribution in [0, 0.1) is 28.7 Å². The molecule has 2 fully saturated rings. The largest absolute Gasteiger partial charge is 0.495 e. The van der Waals surface area contributed by atoms with E-state index in [2.05, 4.69) is 24.4 Å². The first kappa shape index (κ1) is 15.8. The highest BCUT2D eigenvalue weighted by Crippen LogP contribution is 2.61. The Hall–Kier alpha value is -1.73. The molecule has 2 saturated carbocycles. The van der Waals surface area contributed by atoms with Crippen LogP contribution >= 0.6 is 0 Å². The molecule has 0 spiro atoms. The Morgan fingerprint density at radius 3 is 2.88 bits per heavy atom. The number of aliphatic hydroxyl groups is 1. The quantitative estimate of drug-likeness (QED) is 0.641. The van der Waals surface area contributed by atoms with Crippen LogP contribution in [-0.4, -0.2) is 18.3 Å². The summed E-state index contributed by atoms with van der Waals surface area (Å²) in [6.45, 7) is 2.31. The normalized spacial score (nSPS) is 36.9. The van der Waals surface area contributed by atoms with Crippen molar-refractivity contribution < 1.29 is 9.84 Å². The minimum Gasteiger partial charge on any atom is -0.495 e. The van der Waals surface area contributed by atoms with E-state index in [1.807, 2.05) is 6.19 Å². The number of hydrogen-bond donors (Lipinski definition) is 2. The Morgan fingerprint density at radius 2 is 2.12 bits per heavy atom. The number of rotatable bonds is 2. The fraction of sp³-hybridized carbons (Fsp3) is 0.650. The molecule has 1 aromatic rings. The highest BCUT2D eigenvalue weighted by atomic mass is 16.5. The van der Waals surface area contributed by atoms with Crippen molar-refractivity contribution >= 4 is 5.69 Å². The number of methoxy groups -OCH3 is 1. The molecule has 3 aliphatic rings. The van der Waals surface area contributed by atoms with E-state index in [1.54, 1.807) is 7.11 Å². The van der Waals surface area contributed by atoms with Gasteiger partial charge in [-0.2, -0.15) is 5.26 Å². The van der Waals surface area contributed by atoms with Gasteiger partial charge in [-0.3, -0.25) is 5.32 Å². The Bertz CT molecular complexity index is 696. The number of benzene rings is 1. The van der Waals surface area contributed by atoms with Crippen LogP contribution in [-0.2, 0) is 6.42 Å². The van der Waals surface area contributed by atoms with E-state index in [0.717, 1.165) is 37.1 Å².